The molecule has 0 unspecified atom stereocenters. The summed E-state index contributed by atoms with van der Waals surface area (Å²) >= 11 is 0. The first kappa shape index (κ1) is 7.76. The Labute approximate surface area is 54.5 Å². The average Bonchev–Trinajstić information content (AvgIpc) is 1.91. The van der Waals surface area contributed by atoms with Crippen LogP contribution in [0, 0.1) is 0 Å². The van der Waals surface area contributed by atoms with Crippen LogP contribution in [0.5, 0.6) is 0 Å². The maximum atomic E-state index is 8.28. The van der Waals surface area contributed by atoms with Gasteiger partial charge in [-0.05, 0) is 6.08 Å². The SMILES string of the molecule is C=C=C(/C=C\C=C)NO. The monoisotopic (exact) mass is 123 g/mol. The fourth-order valence-electron chi connectivity index (χ4n) is 0.300. The van der Waals surface area contributed by atoms with Gasteiger partial charge in [0.15, 0.2) is 0 Å². The third-order valence-electron chi connectivity index (χ3n) is 0.710. The summed E-state index contributed by atoms with van der Waals surface area (Å²) in [6, 6.07) is 0. The zero-order valence-electron chi connectivity index (χ0n) is 5.09. The molecule has 0 aromatic rings. The lowest BCUT2D eigenvalue weighted by Crippen LogP contribution is -2.01. The molecular weight excluding hydrogens is 114 g/mol. The Bertz CT molecular complexity index is 164. The summed E-state index contributed by atoms with van der Waals surface area (Å²) in [6.45, 7) is 6.76. The Morgan fingerprint density at radius 2 is 2.33 bits per heavy atom. The molecule has 0 aliphatic rings. The Kier molecular flexibility index (Phi) is 4.23. The van der Waals surface area contributed by atoms with E-state index in [1.165, 1.54) is 0 Å². The van der Waals surface area contributed by atoms with E-state index in [2.05, 4.69) is 18.9 Å². The Hall–Kier alpha value is -1.24. The van der Waals surface area contributed by atoms with Crippen molar-refractivity contribution in [2.75, 3.05) is 0 Å². The molecule has 0 bridgehead atoms. The van der Waals surface area contributed by atoms with Gasteiger partial charge in [0, 0.05) is 0 Å². The van der Waals surface area contributed by atoms with Gasteiger partial charge in [-0.15, -0.1) is 5.73 Å². The molecule has 2 nitrogen and oxygen atoms in total. The van der Waals surface area contributed by atoms with Crippen molar-refractivity contribution in [3.8, 4) is 0 Å². The summed E-state index contributed by atoms with van der Waals surface area (Å²) in [5.41, 5.74) is 4.78. The van der Waals surface area contributed by atoms with Crippen molar-refractivity contribution in [3.05, 3.63) is 42.8 Å². The molecule has 0 aliphatic heterocycles. The third-order valence-corrected chi connectivity index (χ3v) is 0.710. The van der Waals surface area contributed by atoms with Crippen LogP contribution in [0.15, 0.2) is 42.8 Å². The molecule has 48 valence electrons. The van der Waals surface area contributed by atoms with Gasteiger partial charge in [0.05, 0.1) is 0 Å². The van der Waals surface area contributed by atoms with Gasteiger partial charge in [0.25, 0.3) is 0 Å². The summed E-state index contributed by atoms with van der Waals surface area (Å²) in [6.07, 6.45) is 4.85. The van der Waals surface area contributed by atoms with E-state index in [1.54, 1.807) is 18.2 Å². The summed E-state index contributed by atoms with van der Waals surface area (Å²) < 4.78 is 0. The molecule has 9 heavy (non-hydrogen) atoms. The number of hydrogen-bond donors (Lipinski definition) is 2. The van der Waals surface area contributed by atoms with Crippen molar-refractivity contribution >= 4 is 0 Å². The number of hydroxylamine groups is 1. The lowest BCUT2D eigenvalue weighted by atomic mass is 10.4. The molecular formula is C7H9NO. The topological polar surface area (TPSA) is 32.3 Å². The number of nitrogens with one attached hydrogen (secondary N) is 1. The Balaban J connectivity index is 4.00. The minimum atomic E-state index is 0.426. The van der Waals surface area contributed by atoms with Gasteiger partial charge < -0.3 is 0 Å². The molecule has 2 N–H and O–H groups in total. The molecule has 0 spiro atoms. The zero-order chi connectivity index (χ0) is 7.11. The lowest BCUT2D eigenvalue weighted by Gasteiger charge is -1.90. The van der Waals surface area contributed by atoms with Gasteiger partial charge in [-0.2, -0.15) is 0 Å². The van der Waals surface area contributed by atoms with Crippen LogP contribution < -0.4 is 5.48 Å². The maximum Gasteiger partial charge on any atom is 0.101 e. The molecule has 0 fully saturated rings. The molecule has 0 aromatic carbocycles. The predicted molar refractivity (Wildman–Crippen MR) is 36.9 cm³/mol. The first-order chi connectivity index (χ1) is 4.35. The van der Waals surface area contributed by atoms with E-state index < -0.39 is 0 Å². The van der Waals surface area contributed by atoms with Crippen molar-refractivity contribution in [3.63, 3.8) is 0 Å². The molecule has 0 heterocycles. The molecule has 0 rings (SSSR count). The van der Waals surface area contributed by atoms with Crippen molar-refractivity contribution in [2.24, 2.45) is 0 Å². The molecule has 0 aromatic heterocycles. The summed E-state index contributed by atoms with van der Waals surface area (Å²) in [7, 11) is 0. The predicted octanol–water partition coefficient (Wildman–Crippen LogP) is 1.38. The van der Waals surface area contributed by atoms with E-state index in [4.69, 9.17) is 5.21 Å². The van der Waals surface area contributed by atoms with Crippen molar-refractivity contribution < 1.29 is 5.21 Å². The van der Waals surface area contributed by atoms with Crippen LogP contribution >= 0.6 is 0 Å². The first-order valence-electron chi connectivity index (χ1n) is 2.44. The van der Waals surface area contributed by atoms with Crippen LogP contribution in [0.4, 0.5) is 0 Å². The smallest absolute Gasteiger partial charge is 0.101 e. The van der Waals surface area contributed by atoms with Crippen LogP contribution in [0.2, 0.25) is 0 Å². The van der Waals surface area contributed by atoms with Gasteiger partial charge in [-0.25, -0.2) is 0 Å². The Morgan fingerprint density at radius 1 is 1.67 bits per heavy atom. The molecule has 0 atom stereocenters. The second kappa shape index (κ2) is 4.91. The molecule has 2 heteroatoms. The summed E-state index contributed by atoms with van der Waals surface area (Å²) in [5.74, 6) is 0. The van der Waals surface area contributed by atoms with Crippen LogP contribution in [-0.4, -0.2) is 5.21 Å². The van der Waals surface area contributed by atoms with E-state index in [-0.39, 0.29) is 0 Å². The Morgan fingerprint density at radius 3 is 2.67 bits per heavy atom. The van der Waals surface area contributed by atoms with Crippen LogP contribution in [0.25, 0.3) is 0 Å². The fourth-order valence-corrected chi connectivity index (χ4v) is 0.300. The maximum absolute atomic E-state index is 8.28. The van der Waals surface area contributed by atoms with E-state index >= 15 is 0 Å². The normalized spacial score (nSPS) is 8.56. The highest BCUT2D eigenvalue weighted by Crippen LogP contribution is 1.85. The summed E-state index contributed by atoms with van der Waals surface area (Å²) in [5, 5.41) is 8.28. The average molecular weight is 123 g/mol. The largest absolute Gasteiger partial charge is 0.290 e. The van der Waals surface area contributed by atoms with Gasteiger partial charge in [0.2, 0.25) is 0 Å². The number of rotatable bonds is 3. The van der Waals surface area contributed by atoms with Crippen LogP contribution in [0.1, 0.15) is 0 Å². The van der Waals surface area contributed by atoms with Gasteiger partial charge in [-0.3, -0.25) is 10.7 Å². The lowest BCUT2D eigenvalue weighted by molar-refractivity contribution is 0.205. The highest BCUT2D eigenvalue weighted by molar-refractivity contribution is 5.16. The van der Waals surface area contributed by atoms with E-state index in [0.29, 0.717) is 5.70 Å². The van der Waals surface area contributed by atoms with Crippen LogP contribution in [0.3, 0.4) is 0 Å². The van der Waals surface area contributed by atoms with Gasteiger partial charge in [-0.1, -0.05) is 25.3 Å². The van der Waals surface area contributed by atoms with E-state index in [0.717, 1.165) is 0 Å². The highest BCUT2D eigenvalue weighted by Gasteiger charge is 1.78. The number of hydrogen-bond acceptors (Lipinski definition) is 2. The van der Waals surface area contributed by atoms with Crippen LogP contribution in [-0.2, 0) is 0 Å². The third kappa shape index (κ3) is 3.35. The second-order valence-electron chi connectivity index (χ2n) is 1.30. The molecule has 0 aliphatic carbocycles. The minimum Gasteiger partial charge on any atom is -0.290 e. The highest BCUT2D eigenvalue weighted by atomic mass is 16.5. The van der Waals surface area contributed by atoms with Crippen molar-refractivity contribution in [1.29, 1.82) is 0 Å². The molecule has 0 saturated heterocycles. The first-order valence-corrected chi connectivity index (χ1v) is 2.44. The standard InChI is InChI=1S/C7H9NO/c1-3-5-6-7(4-2)8-9/h3,5-6,8-9H,1-2H2/b6-5-. The number of allylic oxidation sites excluding steroid dienone is 3. The van der Waals surface area contributed by atoms with E-state index in [1.807, 2.05) is 5.48 Å². The van der Waals surface area contributed by atoms with Crippen molar-refractivity contribution in [1.82, 2.24) is 5.48 Å². The minimum absolute atomic E-state index is 0.426. The van der Waals surface area contributed by atoms with Crippen molar-refractivity contribution in [2.45, 2.75) is 0 Å². The van der Waals surface area contributed by atoms with Gasteiger partial charge in [0.1, 0.15) is 5.70 Å². The quantitative estimate of drug-likeness (QED) is 0.337. The second-order valence-corrected chi connectivity index (χ2v) is 1.30. The van der Waals surface area contributed by atoms with Gasteiger partial charge >= 0.3 is 0 Å². The summed E-state index contributed by atoms with van der Waals surface area (Å²) in [4.78, 5) is 0. The molecule has 0 amide bonds. The molecule has 0 radical (unpaired) electrons. The molecule has 0 saturated carbocycles. The van der Waals surface area contributed by atoms with E-state index in [9.17, 15) is 0 Å². The zero-order valence-corrected chi connectivity index (χ0v) is 5.09. The fraction of sp³-hybridized carbons (Fsp3) is 0.